The maximum absolute atomic E-state index is 14.3. The molecule has 0 aliphatic carbocycles. The van der Waals surface area contributed by atoms with Crippen molar-refractivity contribution < 1.29 is 28.7 Å². The number of nitrogens with zero attached hydrogens (tertiary/aromatic N) is 10. The van der Waals surface area contributed by atoms with Crippen LogP contribution in [0.5, 0.6) is 12.0 Å². The van der Waals surface area contributed by atoms with Gasteiger partial charge in [-0.2, -0.15) is 19.9 Å². The molecule has 2 fully saturated rings. The molecular formula is C59H64Cl2N10O6. The molecule has 6 heterocycles. The largest absolute Gasteiger partial charge is 0.462 e. The molecule has 0 saturated carbocycles. The molecule has 2 amide bonds. The normalized spacial score (nSPS) is 17.7. The molecule has 0 bridgehead atoms. The Morgan fingerprint density at radius 2 is 1.19 bits per heavy atom. The third kappa shape index (κ3) is 11.8. The molecule has 0 radical (unpaired) electrons. The van der Waals surface area contributed by atoms with Crippen molar-refractivity contribution in [3.05, 3.63) is 142 Å². The fourth-order valence-electron chi connectivity index (χ4n) is 11.2. The summed E-state index contributed by atoms with van der Waals surface area (Å²) >= 11 is 13.5. The summed E-state index contributed by atoms with van der Waals surface area (Å²) in [6.07, 6.45) is 9.74. The van der Waals surface area contributed by atoms with Gasteiger partial charge in [0.25, 0.3) is 11.8 Å². The molecule has 2 aromatic heterocycles. The number of carbonyl (C=O) groups excluding carboxylic acids is 4. The zero-order valence-electron chi connectivity index (χ0n) is 43.9. The van der Waals surface area contributed by atoms with Crippen molar-refractivity contribution in [1.82, 2.24) is 39.5 Å². The Hall–Kier alpha value is -6.98. The summed E-state index contributed by atoms with van der Waals surface area (Å²) in [5.74, 6) is -1.07. The molecule has 0 N–H and O–H groups in total. The lowest BCUT2D eigenvalue weighted by molar-refractivity contribution is -0.115. The van der Waals surface area contributed by atoms with Crippen molar-refractivity contribution in [2.45, 2.75) is 70.1 Å². The van der Waals surface area contributed by atoms with Crippen LogP contribution in [0.2, 0.25) is 10.0 Å². The smallest absolute Gasteiger partial charge is 0.317 e. The van der Waals surface area contributed by atoms with Crippen LogP contribution < -0.4 is 19.3 Å². The number of carbonyl (C=O) groups is 4. The topological polar surface area (TPSA) is 158 Å². The maximum atomic E-state index is 14.3. The van der Waals surface area contributed by atoms with E-state index in [9.17, 15) is 19.2 Å². The van der Waals surface area contributed by atoms with Gasteiger partial charge in [-0.15, -0.1) is 0 Å². The summed E-state index contributed by atoms with van der Waals surface area (Å²) in [5.41, 5.74) is 5.40. The van der Waals surface area contributed by atoms with E-state index in [1.54, 1.807) is 25.1 Å². The first-order valence-corrected chi connectivity index (χ1v) is 27.3. The van der Waals surface area contributed by atoms with Crippen LogP contribution in [0.4, 0.5) is 11.4 Å². The van der Waals surface area contributed by atoms with E-state index in [4.69, 9.17) is 47.6 Å². The van der Waals surface area contributed by atoms with E-state index in [-0.39, 0.29) is 73.4 Å². The first-order chi connectivity index (χ1) is 37.3. The standard InChI is InChI=1S/C59H64Cl2N10O6/c1-5-42(72)33-68(4)57(75)55-45-26-32-71(51-23-9-16-39-14-7-21-47(61)53(39)51)35-49(45)63-59(65-55)77-37-41-18-11-28-69(41)29-12-19-43(73)24-30-67(3)56(74)54-44-25-31-70(50-22-8-15-38-13-6-20-46(60)52(38)50)34-48(44)62-58(64-54)76-36-40-17-10-27-66(40)2/h5-9,12-16,19-23,40-41H,1,10-11,17-18,24-37H2,2-4H3/b19-12+/t40-,41-/m0/s1. The van der Waals surface area contributed by atoms with Gasteiger partial charge in [0.1, 0.15) is 24.6 Å². The van der Waals surface area contributed by atoms with E-state index in [1.165, 1.54) is 11.0 Å². The predicted molar refractivity (Wildman–Crippen MR) is 301 cm³/mol. The highest BCUT2D eigenvalue weighted by Crippen LogP contribution is 2.38. The van der Waals surface area contributed by atoms with Crippen molar-refractivity contribution in [3.63, 3.8) is 0 Å². The minimum Gasteiger partial charge on any atom is -0.462 e. The average molecular weight is 1080 g/mol. The van der Waals surface area contributed by atoms with Crippen LogP contribution in [0.25, 0.3) is 21.5 Å². The lowest BCUT2D eigenvalue weighted by atomic mass is 10.00. The molecule has 6 aromatic rings. The number of hydrogen-bond donors (Lipinski definition) is 0. The Labute approximate surface area is 459 Å². The number of halogens is 2. The Morgan fingerprint density at radius 3 is 1.74 bits per heavy atom. The SMILES string of the molecule is C=CC(=O)CN(C)C(=O)c1nc(OC[C@@H]2CCCN2C/C=C/C(=O)CCN(C)C(=O)c2nc(OC[C@@H]3CCCN3C)nc3c2CCN(c2cccc4cccc(Cl)c24)C3)nc2c1CCN(c1cccc3cccc(Cl)c13)C2. The number of fused-ring (bicyclic) bond motifs is 4. The second-order valence-corrected chi connectivity index (χ2v) is 21.3. The Kier molecular flexibility index (Phi) is 16.5. The second-order valence-electron chi connectivity index (χ2n) is 20.5. The summed E-state index contributed by atoms with van der Waals surface area (Å²) < 4.78 is 12.6. The predicted octanol–water partition coefficient (Wildman–Crippen LogP) is 8.44. The Balaban J connectivity index is 0.784. The molecule has 2 saturated heterocycles. The van der Waals surface area contributed by atoms with Gasteiger partial charge in [0.15, 0.2) is 11.6 Å². The zero-order valence-corrected chi connectivity index (χ0v) is 45.4. The molecule has 18 heteroatoms. The number of benzene rings is 4. The number of ether oxygens (including phenoxy) is 2. The van der Waals surface area contributed by atoms with Gasteiger partial charge in [0.05, 0.1) is 41.1 Å². The first kappa shape index (κ1) is 53.4. The number of ketones is 2. The lowest BCUT2D eigenvalue weighted by Crippen LogP contribution is -2.37. The summed E-state index contributed by atoms with van der Waals surface area (Å²) in [6, 6.07) is 24.5. The molecule has 4 aromatic carbocycles. The van der Waals surface area contributed by atoms with Crippen molar-refractivity contribution >= 4 is 79.5 Å². The second kappa shape index (κ2) is 23.7. The quantitative estimate of drug-likeness (QED) is 0.0712. The van der Waals surface area contributed by atoms with Gasteiger partial charge in [-0.3, -0.25) is 24.1 Å². The van der Waals surface area contributed by atoms with Gasteiger partial charge in [-0.1, -0.05) is 84.4 Å². The highest BCUT2D eigenvalue weighted by atomic mass is 35.5. The van der Waals surface area contributed by atoms with E-state index in [0.29, 0.717) is 73.6 Å². The number of rotatable bonds is 19. The van der Waals surface area contributed by atoms with Crippen molar-refractivity contribution in [2.75, 3.05) is 90.0 Å². The van der Waals surface area contributed by atoms with Gasteiger partial charge in [0.2, 0.25) is 0 Å². The van der Waals surface area contributed by atoms with Crippen LogP contribution >= 0.6 is 23.2 Å². The number of amides is 2. The van der Waals surface area contributed by atoms with Gasteiger partial charge in [-0.25, -0.2) is 0 Å². The minimum absolute atomic E-state index is 0.00292. The average Bonchev–Trinajstić information content (AvgIpc) is 4.15. The van der Waals surface area contributed by atoms with Crippen LogP contribution in [0.3, 0.4) is 0 Å². The van der Waals surface area contributed by atoms with Gasteiger partial charge >= 0.3 is 12.0 Å². The molecular weight excluding hydrogens is 1020 g/mol. The number of likely N-dealkylation sites (tertiary alicyclic amines) is 2. The lowest BCUT2D eigenvalue weighted by Gasteiger charge is -2.32. The molecule has 16 nitrogen and oxygen atoms in total. The molecule has 0 unspecified atom stereocenters. The molecule has 10 rings (SSSR count). The first-order valence-electron chi connectivity index (χ1n) is 26.5. The van der Waals surface area contributed by atoms with E-state index < -0.39 is 5.91 Å². The number of likely N-dealkylation sites (N-methyl/N-ethyl adjacent to an activating group) is 2. The molecule has 4 aliphatic rings. The van der Waals surface area contributed by atoms with Crippen LogP contribution in [0, 0.1) is 0 Å². The van der Waals surface area contributed by atoms with Gasteiger partial charge < -0.3 is 34.0 Å². The number of aromatic nitrogens is 4. The Bertz CT molecular complexity index is 3270. The van der Waals surface area contributed by atoms with Crippen molar-refractivity contribution in [3.8, 4) is 12.0 Å². The molecule has 0 spiro atoms. The van der Waals surface area contributed by atoms with Crippen LogP contribution in [0.1, 0.15) is 75.6 Å². The molecule has 400 valence electrons. The summed E-state index contributed by atoms with van der Waals surface area (Å²) in [5, 5.41) is 5.32. The van der Waals surface area contributed by atoms with Crippen molar-refractivity contribution in [2.24, 2.45) is 0 Å². The van der Waals surface area contributed by atoms with E-state index >= 15 is 0 Å². The minimum atomic E-state index is -0.399. The zero-order chi connectivity index (χ0) is 53.7. The van der Waals surface area contributed by atoms with Gasteiger partial charge in [0, 0.05) is 92.1 Å². The van der Waals surface area contributed by atoms with Crippen molar-refractivity contribution in [1.29, 1.82) is 0 Å². The maximum Gasteiger partial charge on any atom is 0.317 e. The highest BCUT2D eigenvalue weighted by molar-refractivity contribution is 6.37. The molecule has 77 heavy (non-hydrogen) atoms. The summed E-state index contributed by atoms with van der Waals surface area (Å²) in [4.78, 5) is 85.1. The summed E-state index contributed by atoms with van der Waals surface area (Å²) in [7, 11) is 5.37. The number of anilines is 2. The molecule has 4 aliphatic heterocycles. The van der Waals surface area contributed by atoms with Crippen LogP contribution in [0.15, 0.2) is 97.6 Å². The monoisotopic (exact) mass is 1080 g/mol. The number of allylic oxidation sites excluding steroid dienone is 1. The third-order valence-corrected chi connectivity index (χ3v) is 16.1. The third-order valence-electron chi connectivity index (χ3n) is 15.5. The Morgan fingerprint density at radius 1 is 0.675 bits per heavy atom. The fraction of sp³-hybridized carbons (Fsp3) is 0.390. The van der Waals surface area contributed by atoms with Crippen LogP contribution in [-0.4, -0.2) is 155 Å². The summed E-state index contributed by atoms with van der Waals surface area (Å²) in [6.45, 7) is 8.72. The molecule has 2 atom stereocenters. The van der Waals surface area contributed by atoms with E-state index in [1.807, 2.05) is 60.7 Å². The van der Waals surface area contributed by atoms with E-state index in [0.717, 1.165) is 88.5 Å². The number of hydrogen-bond acceptors (Lipinski definition) is 14. The van der Waals surface area contributed by atoms with E-state index in [2.05, 4.69) is 56.4 Å². The van der Waals surface area contributed by atoms with Crippen LogP contribution in [-0.2, 0) is 35.5 Å². The highest BCUT2D eigenvalue weighted by Gasteiger charge is 2.32. The fourth-order valence-corrected chi connectivity index (χ4v) is 11.7. The van der Waals surface area contributed by atoms with Gasteiger partial charge in [-0.05, 0) is 106 Å².